The number of furan rings is 1. The molecule has 0 fully saturated rings. The summed E-state index contributed by atoms with van der Waals surface area (Å²) >= 11 is 3.15. The molecule has 0 aliphatic rings. The summed E-state index contributed by atoms with van der Waals surface area (Å²) < 4.78 is 5.70. The minimum Gasteiger partial charge on any atom is -0.444 e. The van der Waals surface area contributed by atoms with Crippen molar-refractivity contribution in [2.24, 2.45) is 0 Å². The molecule has 0 bridgehead atoms. The Kier molecular flexibility index (Phi) is 3.10. The predicted octanol–water partition coefficient (Wildman–Crippen LogP) is 3.60. The van der Waals surface area contributed by atoms with E-state index in [1.165, 1.54) is 0 Å². The van der Waals surface area contributed by atoms with Crippen LogP contribution in [0.2, 0.25) is 0 Å². The zero-order chi connectivity index (χ0) is 11.5. The lowest BCUT2D eigenvalue weighted by molar-refractivity contribution is 0.0995. The van der Waals surface area contributed by atoms with Gasteiger partial charge in [-0.1, -0.05) is 12.1 Å². The molecule has 0 radical (unpaired) electrons. The van der Waals surface area contributed by atoms with E-state index in [4.69, 9.17) is 4.42 Å². The van der Waals surface area contributed by atoms with E-state index in [1.54, 1.807) is 12.1 Å². The lowest BCUT2D eigenvalue weighted by Crippen LogP contribution is -2.10. The molecule has 0 spiro atoms. The third-order valence-corrected chi connectivity index (χ3v) is 2.50. The predicted molar refractivity (Wildman–Crippen MR) is 65.5 cm³/mol. The van der Waals surface area contributed by atoms with Gasteiger partial charge in [0, 0.05) is 5.69 Å². The summed E-state index contributed by atoms with van der Waals surface area (Å²) in [5, 5.41) is 2.76. The van der Waals surface area contributed by atoms with E-state index < -0.39 is 0 Å². The fraction of sp³-hybridized carbons (Fsp3) is 0.0833. The van der Waals surface area contributed by atoms with Gasteiger partial charge in [-0.05, 0) is 52.7 Å². The van der Waals surface area contributed by atoms with Crippen LogP contribution in [-0.4, -0.2) is 5.91 Å². The molecule has 0 aliphatic heterocycles. The van der Waals surface area contributed by atoms with Crippen molar-refractivity contribution in [3.05, 3.63) is 52.4 Å². The van der Waals surface area contributed by atoms with E-state index in [1.807, 2.05) is 31.2 Å². The normalized spacial score (nSPS) is 10.1. The third-order valence-electron chi connectivity index (χ3n) is 2.07. The highest BCUT2D eigenvalue weighted by Gasteiger charge is 2.10. The molecular formula is C12H10BrNO2. The molecule has 1 N–H and O–H groups in total. The van der Waals surface area contributed by atoms with Crippen LogP contribution in [-0.2, 0) is 0 Å². The smallest absolute Gasteiger partial charge is 0.291 e. The highest BCUT2D eigenvalue weighted by atomic mass is 79.9. The number of hydrogen-bond donors (Lipinski definition) is 1. The van der Waals surface area contributed by atoms with Crippen molar-refractivity contribution in [2.75, 3.05) is 5.32 Å². The molecule has 1 aromatic heterocycles. The monoisotopic (exact) mass is 279 g/mol. The maximum atomic E-state index is 11.7. The van der Waals surface area contributed by atoms with Crippen LogP contribution in [0.3, 0.4) is 0 Å². The molecule has 1 heterocycles. The Labute approximate surface area is 102 Å². The topological polar surface area (TPSA) is 42.2 Å². The van der Waals surface area contributed by atoms with Gasteiger partial charge in [0.1, 0.15) is 0 Å². The number of hydrogen-bond acceptors (Lipinski definition) is 2. The van der Waals surface area contributed by atoms with Crippen molar-refractivity contribution >= 4 is 27.5 Å². The van der Waals surface area contributed by atoms with Gasteiger partial charge < -0.3 is 9.73 Å². The van der Waals surface area contributed by atoms with Gasteiger partial charge in [0.15, 0.2) is 10.4 Å². The molecular weight excluding hydrogens is 270 g/mol. The van der Waals surface area contributed by atoms with Crippen molar-refractivity contribution in [2.45, 2.75) is 6.92 Å². The van der Waals surface area contributed by atoms with Crippen LogP contribution in [0.25, 0.3) is 0 Å². The van der Waals surface area contributed by atoms with Crippen LogP contribution in [0.1, 0.15) is 16.1 Å². The molecule has 1 aromatic carbocycles. The molecule has 3 nitrogen and oxygen atoms in total. The van der Waals surface area contributed by atoms with Gasteiger partial charge in [-0.25, -0.2) is 0 Å². The zero-order valence-corrected chi connectivity index (χ0v) is 10.2. The second-order valence-corrected chi connectivity index (χ2v) is 4.21. The fourth-order valence-electron chi connectivity index (χ4n) is 1.35. The second-order valence-electron chi connectivity index (χ2n) is 3.43. The van der Waals surface area contributed by atoms with E-state index in [0.29, 0.717) is 4.67 Å². The largest absolute Gasteiger partial charge is 0.444 e. The first-order valence-corrected chi connectivity index (χ1v) is 5.58. The summed E-state index contributed by atoms with van der Waals surface area (Å²) in [7, 11) is 0. The van der Waals surface area contributed by atoms with Crippen LogP contribution in [0.4, 0.5) is 5.69 Å². The van der Waals surface area contributed by atoms with Crippen LogP contribution in [0, 0.1) is 6.92 Å². The van der Waals surface area contributed by atoms with Gasteiger partial charge in [0.2, 0.25) is 0 Å². The Bertz CT molecular complexity index is 519. The number of anilines is 1. The van der Waals surface area contributed by atoms with Crippen LogP contribution >= 0.6 is 15.9 Å². The average Bonchev–Trinajstić information content (AvgIpc) is 2.65. The number of rotatable bonds is 2. The Morgan fingerprint density at radius 2 is 2.12 bits per heavy atom. The molecule has 1 amide bonds. The second kappa shape index (κ2) is 4.53. The van der Waals surface area contributed by atoms with E-state index in [-0.39, 0.29) is 11.7 Å². The van der Waals surface area contributed by atoms with Crippen molar-refractivity contribution < 1.29 is 9.21 Å². The molecule has 82 valence electrons. The van der Waals surface area contributed by atoms with Crippen molar-refractivity contribution in [3.63, 3.8) is 0 Å². The van der Waals surface area contributed by atoms with Gasteiger partial charge in [0.05, 0.1) is 0 Å². The van der Waals surface area contributed by atoms with Crippen molar-refractivity contribution in [1.29, 1.82) is 0 Å². The fourth-order valence-corrected chi connectivity index (χ4v) is 1.66. The molecule has 0 saturated heterocycles. The van der Waals surface area contributed by atoms with E-state index in [2.05, 4.69) is 21.2 Å². The summed E-state index contributed by atoms with van der Waals surface area (Å²) in [5.41, 5.74) is 1.86. The van der Waals surface area contributed by atoms with Crippen LogP contribution in [0.15, 0.2) is 45.5 Å². The Hall–Kier alpha value is -1.55. The third kappa shape index (κ3) is 2.52. The Morgan fingerprint density at radius 1 is 1.31 bits per heavy atom. The molecule has 0 aliphatic carbocycles. The molecule has 4 heteroatoms. The summed E-state index contributed by atoms with van der Waals surface area (Å²) in [4.78, 5) is 11.7. The zero-order valence-electron chi connectivity index (χ0n) is 8.66. The van der Waals surface area contributed by atoms with E-state index in [0.717, 1.165) is 11.3 Å². The molecule has 16 heavy (non-hydrogen) atoms. The summed E-state index contributed by atoms with van der Waals surface area (Å²) in [6.07, 6.45) is 0. The highest BCUT2D eigenvalue weighted by molar-refractivity contribution is 9.10. The van der Waals surface area contributed by atoms with Crippen LogP contribution in [0.5, 0.6) is 0 Å². The van der Waals surface area contributed by atoms with Gasteiger partial charge in [-0.15, -0.1) is 0 Å². The summed E-state index contributed by atoms with van der Waals surface area (Å²) in [5.74, 6) is 0.0321. The Morgan fingerprint density at radius 3 is 2.75 bits per heavy atom. The molecule has 0 saturated carbocycles. The molecule has 0 unspecified atom stereocenters. The number of benzene rings is 1. The number of amides is 1. The lowest BCUT2D eigenvalue weighted by Gasteiger charge is -2.03. The minimum atomic E-state index is -0.253. The van der Waals surface area contributed by atoms with Gasteiger partial charge in [-0.2, -0.15) is 0 Å². The van der Waals surface area contributed by atoms with Crippen LogP contribution < -0.4 is 5.32 Å². The maximum Gasteiger partial charge on any atom is 0.291 e. The first kappa shape index (κ1) is 11.0. The van der Waals surface area contributed by atoms with Gasteiger partial charge >= 0.3 is 0 Å². The SMILES string of the molecule is Cc1cccc(NC(=O)c2ccc(Br)o2)c1. The number of nitrogens with one attached hydrogen (secondary N) is 1. The number of aryl methyl sites for hydroxylation is 1. The average molecular weight is 280 g/mol. The van der Waals surface area contributed by atoms with Gasteiger partial charge in [-0.3, -0.25) is 4.79 Å². The minimum absolute atomic E-state index is 0.253. The first-order valence-electron chi connectivity index (χ1n) is 4.78. The number of carbonyl (C=O) groups excluding carboxylic acids is 1. The summed E-state index contributed by atoms with van der Waals surface area (Å²) in [6, 6.07) is 10.9. The van der Waals surface area contributed by atoms with Gasteiger partial charge in [0.25, 0.3) is 5.91 Å². The highest BCUT2D eigenvalue weighted by Crippen LogP contribution is 2.16. The number of carbonyl (C=O) groups is 1. The van der Waals surface area contributed by atoms with Crippen molar-refractivity contribution in [1.82, 2.24) is 0 Å². The van der Waals surface area contributed by atoms with E-state index >= 15 is 0 Å². The quantitative estimate of drug-likeness (QED) is 0.913. The maximum absolute atomic E-state index is 11.7. The standard InChI is InChI=1S/C12H10BrNO2/c1-8-3-2-4-9(7-8)14-12(15)10-5-6-11(13)16-10/h2-7H,1H3,(H,14,15). The lowest BCUT2D eigenvalue weighted by atomic mass is 10.2. The Balaban J connectivity index is 2.13. The molecule has 2 rings (SSSR count). The summed E-state index contributed by atoms with van der Waals surface area (Å²) in [6.45, 7) is 1.97. The van der Waals surface area contributed by atoms with E-state index in [9.17, 15) is 4.79 Å². The van der Waals surface area contributed by atoms with Crippen molar-refractivity contribution in [3.8, 4) is 0 Å². The number of halogens is 1. The first-order chi connectivity index (χ1) is 7.65. The molecule has 2 aromatic rings. The molecule has 0 atom stereocenters.